The molecule has 1 aromatic heterocycles. The number of ether oxygens (including phenoxy) is 2. The summed E-state index contributed by atoms with van der Waals surface area (Å²) in [5, 5.41) is 11.8. The molecule has 38 heavy (non-hydrogen) atoms. The van der Waals surface area contributed by atoms with Crippen LogP contribution in [0.4, 0.5) is 11.6 Å². The van der Waals surface area contributed by atoms with Crippen molar-refractivity contribution in [2.24, 2.45) is 0 Å². The van der Waals surface area contributed by atoms with Gasteiger partial charge in [-0.3, -0.25) is 4.79 Å². The molecule has 0 unspecified atom stereocenters. The van der Waals surface area contributed by atoms with Crippen LogP contribution in [-0.4, -0.2) is 34.4 Å². The SMILES string of the molecule is CCOc1ccc([C@@H]2C(C(=O)Nc3ccccc3OC)=C(C)Nc3nc(SCc4ccccc4)nn32)cc1. The van der Waals surface area contributed by atoms with Gasteiger partial charge in [0.15, 0.2) is 0 Å². The van der Waals surface area contributed by atoms with E-state index in [1.807, 2.05) is 80.6 Å². The number of aromatic nitrogens is 3. The summed E-state index contributed by atoms with van der Waals surface area (Å²) in [6.07, 6.45) is 0. The number of hydrogen-bond acceptors (Lipinski definition) is 7. The van der Waals surface area contributed by atoms with Gasteiger partial charge in [0, 0.05) is 11.4 Å². The van der Waals surface area contributed by atoms with E-state index in [2.05, 4.69) is 22.8 Å². The summed E-state index contributed by atoms with van der Waals surface area (Å²) in [6, 6.07) is 24.8. The molecule has 2 N–H and O–H groups in total. The van der Waals surface area contributed by atoms with E-state index < -0.39 is 6.04 Å². The third kappa shape index (κ3) is 5.38. The molecule has 5 rings (SSSR count). The molecular weight excluding hydrogens is 498 g/mol. The quantitative estimate of drug-likeness (QED) is 0.262. The summed E-state index contributed by atoms with van der Waals surface area (Å²) in [5.74, 6) is 2.43. The second-order valence-corrected chi connectivity index (χ2v) is 9.60. The highest BCUT2D eigenvalue weighted by molar-refractivity contribution is 7.98. The number of anilines is 2. The van der Waals surface area contributed by atoms with Crippen molar-refractivity contribution in [2.45, 2.75) is 30.8 Å². The van der Waals surface area contributed by atoms with E-state index in [0.717, 1.165) is 17.1 Å². The van der Waals surface area contributed by atoms with Crippen LogP contribution < -0.4 is 20.1 Å². The monoisotopic (exact) mass is 527 g/mol. The van der Waals surface area contributed by atoms with Crippen LogP contribution in [-0.2, 0) is 10.5 Å². The van der Waals surface area contributed by atoms with Gasteiger partial charge in [0.2, 0.25) is 11.1 Å². The number of rotatable bonds is 9. The zero-order chi connectivity index (χ0) is 26.5. The normalized spacial score (nSPS) is 14.4. The Morgan fingerprint density at radius 3 is 2.53 bits per heavy atom. The average Bonchev–Trinajstić information content (AvgIpc) is 3.35. The van der Waals surface area contributed by atoms with Crippen LogP contribution in [0.1, 0.15) is 31.0 Å². The van der Waals surface area contributed by atoms with Crippen molar-refractivity contribution in [3.63, 3.8) is 0 Å². The van der Waals surface area contributed by atoms with Crippen LogP contribution >= 0.6 is 11.8 Å². The molecule has 8 nitrogen and oxygen atoms in total. The fourth-order valence-corrected chi connectivity index (χ4v) is 5.15. The number of fused-ring (bicyclic) bond motifs is 1. The van der Waals surface area contributed by atoms with Gasteiger partial charge in [0.1, 0.15) is 17.5 Å². The number of nitrogens with one attached hydrogen (secondary N) is 2. The maximum Gasteiger partial charge on any atom is 0.255 e. The molecule has 9 heteroatoms. The molecule has 0 spiro atoms. The zero-order valence-corrected chi connectivity index (χ0v) is 22.3. The summed E-state index contributed by atoms with van der Waals surface area (Å²) < 4.78 is 12.9. The second kappa shape index (κ2) is 11.4. The first-order valence-corrected chi connectivity index (χ1v) is 13.3. The number of nitrogens with zero attached hydrogens (tertiary/aromatic N) is 3. The lowest BCUT2D eigenvalue weighted by Gasteiger charge is -2.29. The highest BCUT2D eigenvalue weighted by atomic mass is 32.2. The van der Waals surface area contributed by atoms with Crippen LogP contribution in [0.25, 0.3) is 0 Å². The third-order valence-corrected chi connectivity index (χ3v) is 7.06. The van der Waals surface area contributed by atoms with Crippen molar-refractivity contribution in [1.29, 1.82) is 0 Å². The fourth-order valence-electron chi connectivity index (χ4n) is 4.37. The Morgan fingerprint density at radius 1 is 1.05 bits per heavy atom. The number of hydrogen-bond donors (Lipinski definition) is 2. The highest BCUT2D eigenvalue weighted by Gasteiger charge is 2.34. The number of thioether (sulfide) groups is 1. The lowest BCUT2D eigenvalue weighted by atomic mass is 9.95. The number of carbonyl (C=O) groups is 1. The van der Waals surface area contributed by atoms with Gasteiger partial charge in [0.25, 0.3) is 5.91 Å². The van der Waals surface area contributed by atoms with Crippen molar-refractivity contribution in [2.75, 3.05) is 24.4 Å². The predicted molar refractivity (Wildman–Crippen MR) is 150 cm³/mol. The van der Waals surface area contributed by atoms with E-state index >= 15 is 0 Å². The molecular formula is C29H29N5O3S. The number of methoxy groups -OCH3 is 1. The molecule has 194 valence electrons. The van der Waals surface area contributed by atoms with Crippen LogP contribution in [0, 0.1) is 0 Å². The Kier molecular flexibility index (Phi) is 7.65. The molecule has 4 aromatic rings. The maximum absolute atomic E-state index is 13.8. The van der Waals surface area contributed by atoms with Gasteiger partial charge in [-0.1, -0.05) is 66.4 Å². The largest absolute Gasteiger partial charge is 0.495 e. The first-order valence-electron chi connectivity index (χ1n) is 12.4. The number of carbonyl (C=O) groups excluding carboxylic acids is 1. The second-order valence-electron chi connectivity index (χ2n) is 8.66. The van der Waals surface area contributed by atoms with Crippen LogP contribution in [0.15, 0.2) is 95.3 Å². The van der Waals surface area contributed by atoms with Crippen molar-refractivity contribution < 1.29 is 14.3 Å². The van der Waals surface area contributed by atoms with Gasteiger partial charge >= 0.3 is 0 Å². The smallest absolute Gasteiger partial charge is 0.255 e. The van der Waals surface area contributed by atoms with Crippen molar-refractivity contribution in [3.05, 3.63) is 101 Å². The first kappa shape index (κ1) is 25.4. The highest BCUT2D eigenvalue weighted by Crippen LogP contribution is 2.38. The molecule has 0 bridgehead atoms. The average molecular weight is 528 g/mol. The molecule has 0 saturated heterocycles. The minimum absolute atomic E-state index is 0.252. The molecule has 0 radical (unpaired) electrons. The maximum atomic E-state index is 13.8. The summed E-state index contributed by atoms with van der Waals surface area (Å²) in [4.78, 5) is 18.5. The number of allylic oxidation sites excluding steroid dienone is 1. The first-order chi connectivity index (χ1) is 18.6. The fraction of sp³-hybridized carbons (Fsp3) is 0.207. The summed E-state index contributed by atoms with van der Waals surface area (Å²) in [6.45, 7) is 4.41. The lowest BCUT2D eigenvalue weighted by Crippen LogP contribution is -2.31. The zero-order valence-electron chi connectivity index (χ0n) is 21.5. The van der Waals surface area contributed by atoms with E-state index in [1.165, 1.54) is 5.56 Å². The molecule has 0 fully saturated rings. The predicted octanol–water partition coefficient (Wildman–Crippen LogP) is 5.91. The molecule has 0 aliphatic carbocycles. The third-order valence-electron chi connectivity index (χ3n) is 6.15. The Bertz CT molecular complexity index is 1450. The number of amides is 1. The Morgan fingerprint density at radius 2 is 1.79 bits per heavy atom. The van der Waals surface area contributed by atoms with Gasteiger partial charge in [-0.25, -0.2) is 4.68 Å². The molecule has 0 saturated carbocycles. The van der Waals surface area contributed by atoms with Crippen LogP contribution in [0.2, 0.25) is 0 Å². The Hall–Kier alpha value is -4.24. The number of para-hydroxylation sites is 2. The van der Waals surface area contributed by atoms with Gasteiger partial charge in [-0.15, -0.1) is 5.10 Å². The van der Waals surface area contributed by atoms with Gasteiger partial charge in [-0.05, 0) is 49.2 Å². The molecule has 1 aliphatic rings. The van der Waals surface area contributed by atoms with E-state index in [1.54, 1.807) is 23.6 Å². The van der Waals surface area contributed by atoms with Gasteiger partial charge < -0.3 is 20.1 Å². The summed E-state index contributed by atoms with van der Waals surface area (Å²) >= 11 is 1.55. The van der Waals surface area contributed by atoms with E-state index in [0.29, 0.717) is 40.4 Å². The number of benzene rings is 3. The molecule has 1 atom stereocenters. The van der Waals surface area contributed by atoms with E-state index in [9.17, 15) is 4.79 Å². The lowest BCUT2D eigenvalue weighted by molar-refractivity contribution is -0.113. The van der Waals surface area contributed by atoms with Crippen molar-refractivity contribution in [1.82, 2.24) is 14.8 Å². The minimum Gasteiger partial charge on any atom is -0.495 e. The summed E-state index contributed by atoms with van der Waals surface area (Å²) in [5.41, 5.74) is 3.92. The molecule has 1 aliphatic heterocycles. The van der Waals surface area contributed by atoms with E-state index in [4.69, 9.17) is 19.6 Å². The van der Waals surface area contributed by atoms with Crippen LogP contribution in [0.5, 0.6) is 11.5 Å². The summed E-state index contributed by atoms with van der Waals surface area (Å²) in [7, 11) is 1.58. The molecule has 3 aromatic carbocycles. The Labute approximate surface area is 226 Å². The standard InChI is InChI=1S/C29H29N5O3S/c1-4-37-22-16-14-21(15-17-22)26-25(27(35)31-23-12-8-9-13-24(23)36-3)19(2)30-28-32-29(33-34(26)28)38-18-20-10-6-5-7-11-20/h5-17,26H,4,18H2,1-3H3,(H,31,35)(H,30,32,33)/t26-/m1/s1. The van der Waals surface area contributed by atoms with Crippen molar-refractivity contribution in [3.8, 4) is 11.5 Å². The van der Waals surface area contributed by atoms with E-state index in [-0.39, 0.29) is 5.91 Å². The molecule has 2 heterocycles. The molecule has 1 amide bonds. The van der Waals surface area contributed by atoms with Crippen molar-refractivity contribution >= 4 is 29.3 Å². The van der Waals surface area contributed by atoms with Gasteiger partial charge in [-0.2, -0.15) is 4.98 Å². The van der Waals surface area contributed by atoms with Gasteiger partial charge in [0.05, 0.1) is 25.0 Å². The minimum atomic E-state index is -0.491. The topological polar surface area (TPSA) is 90.3 Å². The van der Waals surface area contributed by atoms with Crippen LogP contribution in [0.3, 0.4) is 0 Å². The Balaban J connectivity index is 1.50.